The van der Waals surface area contributed by atoms with Crippen LogP contribution in [0.5, 0.6) is 0 Å². The molecular weight excluding hydrogens is 396 g/mol. The number of hydrogen-bond acceptors (Lipinski definition) is 5. The zero-order valence-corrected chi connectivity index (χ0v) is 16.9. The van der Waals surface area contributed by atoms with Crippen LogP contribution in [0.1, 0.15) is 17.8 Å². The molecule has 1 aromatic heterocycles. The van der Waals surface area contributed by atoms with Gasteiger partial charge in [0.05, 0.1) is 22.5 Å². The van der Waals surface area contributed by atoms with Gasteiger partial charge < -0.3 is 4.90 Å². The van der Waals surface area contributed by atoms with Crippen LogP contribution in [0.4, 0.5) is 0 Å². The fourth-order valence-electron chi connectivity index (χ4n) is 2.77. The van der Waals surface area contributed by atoms with E-state index in [1.807, 2.05) is 23.4 Å². The molecule has 0 bridgehead atoms. The van der Waals surface area contributed by atoms with Crippen molar-refractivity contribution >= 4 is 31.7 Å². The van der Waals surface area contributed by atoms with Crippen LogP contribution in [0.2, 0.25) is 0 Å². The first kappa shape index (κ1) is 19.4. The van der Waals surface area contributed by atoms with Crippen molar-refractivity contribution < 1.29 is 13.2 Å². The van der Waals surface area contributed by atoms with E-state index in [0.29, 0.717) is 32.6 Å². The van der Waals surface area contributed by atoms with Gasteiger partial charge in [0.2, 0.25) is 5.91 Å². The molecule has 0 radical (unpaired) electrons. The lowest BCUT2D eigenvalue weighted by molar-refractivity contribution is -0.133. The summed E-state index contributed by atoms with van der Waals surface area (Å²) in [6.45, 7) is 7.80. The lowest BCUT2D eigenvalue weighted by Crippen LogP contribution is -2.49. The van der Waals surface area contributed by atoms with Crippen LogP contribution in [0.3, 0.4) is 0 Å². The topological polar surface area (TPSA) is 75.5 Å². The maximum atomic E-state index is 12.4. The van der Waals surface area contributed by atoms with Crippen LogP contribution in [-0.2, 0) is 21.2 Å². The van der Waals surface area contributed by atoms with Gasteiger partial charge in [-0.2, -0.15) is 5.10 Å². The number of piperazine rings is 1. The summed E-state index contributed by atoms with van der Waals surface area (Å²) in [6, 6.07) is 0. The molecule has 7 nitrogen and oxygen atoms in total. The lowest BCUT2D eigenvalue weighted by Gasteiger charge is -2.34. The van der Waals surface area contributed by atoms with Gasteiger partial charge >= 0.3 is 0 Å². The third-order valence-electron chi connectivity index (χ3n) is 4.33. The highest BCUT2D eigenvalue weighted by molar-refractivity contribution is 9.10. The summed E-state index contributed by atoms with van der Waals surface area (Å²) in [6.07, 6.45) is 1.68. The van der Waals surface area contributed by atoms with Crippen molar-refractivity contribution in [1.29, 1.82) is 0 Å². The van der Waals surface area contributed by atoms with E-state index in [1.54, 1.807) is 0 Å². The summed E-state index contributed by atoms with van der Waals surface area (Å²) in [4.78, 5) is 16.3. The maximum Gasteiger partial charge on any atom is 0.224 e. The van der Waals surface area contributed by atoms with Crippen LogP contribution in [0.15, 0.2) is 4.47 Å². The number of sulfone groups is 1. The Kier molecular flexibility index (Phi) is 6.44. The number of halogens is 1. The van der Waals surface area contributed by atoms with Crippen molar-refractivity contribution in [1.82, 2.24) is 19.6 Å². The molecule has 0 aliphatic carbocycles. The molecule has 1 fully saturated rings. The quantitative estimate of drug-likeness (QED) is 0.681. The lowest BCUT2D eigenvalue weighted by atomic mass is 10.2. The minimum atomic E-state index is -2.93. The molecule has 0 unspecified atom stereocenters. The number of rotatable bonds is 6. The Hall–Kier alpha value is -0.930. The van der Waals surface area contributed by atoms with Crippen molar-refractivity contribution in [2.24, 2.45) is 0 Å². The zero-order valence-electron chi connectivity index (χ0n) is 14.5. The Bertz CT molecular complexity index is 694. The van der Waals surface area contributed by atoms with Crippen LogP contribution in [0.25, 0.3) is 0 Å². The first-order valence-electron chi connectivity index (χ1n) is 8.05. The molecule has 1 aliphatic heterocycles. The molecule has 1 amide bonds. The van der Waals surface area contributed by atoms with Gasteiger partial charge in [0.25, 0.3) is 0 Å². The van der Waals surface area contributed by atoms with E-state index in [1.165, 1.54) is 6.26 Å². The van der Waals surface area contributed by atoms with Gasteiger partial charge in [-0.25, -0.2) is 8.42 Å². The Labute approximate surface area is 152 Å². The van der Waals surface area contributed by atoms with Crippen molar-refractivity contribution in [3.63, 3.8) is 0 Å². The first-order valence-corrected chi connectivity index (χ1v) is 10.9. The third-order valence-corrected chi connectivity index (χ3v) is 6.41. The van der Waals surface area contributed by atoms with Gasteiger partial charge in [-0.05, 0) is 29.8 Å². The first-order chi connectivity index (χ1) is 11.2. The highest BCUT2D eigenvalue weighted by atomic mass is 79.9. The van der Waals surface area contributed by atoms with Gasteiger partial charge in [0, 0.05) is 51.1 Å². The summed E-state index contributed by atoms with van der Waals surface area (Å²) in [7, 11) is -2.93. The second-order valence-corrected chi connectivity index (χ2v) is 9.36. The Morgan fingerprint density at radius 2 is 1.79 bits per heavy atom. The molecule has 2 heterocycles. The number of carbonyl (C=O) groups excluding carboxylic acids is 1. The summed E-state index contributed by atoms with van der Waals surface area (Å²) < 4.78 is 25.3. The van der Waals surface area contributed by atoms with Gasteiger partial charge in [-0.3, -0.25) is 14.4 Å². The maximum absolute atomic E-state index is 12.4. The number of carbonyl (C=O) groups is 1. The van der Waals surface area contributed by atoms with E-state index >= 15 is 0 Å². The van der Waals surface area contributed by atoms with Crippen LogP contribution >= 0.6 is 15.9 Å². The molecule has 2 rings (SSSR count). The van der Waals surface area contributed by atoms with Gasteiger partial charge in [-0.15, -0.1) is 0 Å². The standard InChI is InChI=1S/C15H25BrN4O3S/c1-12-15(16)13(2)20(17-12)5-4-14(21)19-8-6-18(7-9-19)10-11-24(3,22)23/h4-11H2,1-3H3. The van der Waals surface area contributed by atoms with Crippen LogP contribution in [0, 0.1) is 13.8 Å². The van der Waals surface area contributed by atoms with Crippen molar-refractivity contribution in [2.75, 3.05) is 44.7 Å². The largest absolute Gasteiger partial charge is 0.340 e. The molecular formula is C15H25BrN4O3S. The van der Waals surface area contributed by atoms with Gasteiger partial charge in [-0.1, -0.05) is 0 Å². The fraction of sp³-hybridized carbons (Fsp3) is 0.733. The van der Waals surface area contributed by atoms with E-state index in [-0.39, 0.29) is 11.7 Å². The van der Waals surface area contributed by atoms with Crippen LogP contribution < -0.4 is 0 Å². The van der Waals surface area contributed by atoms with Gasteiger partial charge in [0.15, 0.2) is 0 Å². The van der Waals surface area contributed by atoms with Crippen molar-refractivity contribution in [2.45, 2.75) is 26.8 Å². The molecule has 9 heteroatoms. The zero-order chi connectivity index (χ0) is 17.9. The summed E-state index contributed by atoms with van der Waals surface area (Å²) in [5.41, 5.74) is 1.96. The van der Waals surface area contributed by atoms with Gasteiger partial charge in [0.1, 0.15) is 9.84 Å². The molecule has 0 N–H and O–H groups in total. The molecule has 0 saturated carbocycles. The highest BCUT2D eigenvalue weighted by Gasteiger charge is 2.22. The van der Waals surface area contributed by atoms with Crippen molar-refractivity contribution in [3.05, 3.63) is 15.9 Å². The third kappa shape index (κ3) is 5.29. The average Bonchev–Trinajstić information content (AvgIpc) is 2.77. The minimum Gasteiger partial charge on any atom is -0.340 e. The molecule has 1 saturated heterocycles. The second-order valence-electron chi connectivity index (χ2n) is 6.31. The van der Waals surface area contributed by atoms with E-state index in [9.17, 15) is 13.2 Å². The van der Waals surface area contributed by atoms with E-state index in [2.05, 4.69) is 25.9 Å². The number of hydrogen-bond donors (Lipinski definition) is 0. The molecule has 24 heavy (non-hydrogen) atoms. The number of aromatic nitrogens is 2. The number of amides is 1. The van der Waals surface area contributed by atoms with Crippen molar-refractivity contribution in [3.8, 4) is 0 Å². The Balaban J connectivity index is 1.77. The van der Waals surface area contributed by atoms with Crippen LogP contribution in [-0.4, -0.2) is 78.6 Å². The molecule has 0 spiro atoms. The second kappa shape index (κ2) is 7.97. The molecule has 0 atom stereocenters. The molecule has 136 valence electrons. The molecule has 1 aromatic rings. The molecule has 1 aliphatic rings. The Morgan fingerprint density at radius 3 is 2.29 bits per heavy atom. The number of nitrogens with zero attached hydrogens (tertiary/aromatic N) is 4. The van der Waals surface area contributed by atoms with E-state index in [4.69, 9.17) is 0 Å². The number of aryl methyl sites for hydroxylation is 2. The average molecular weight is 421 g/mol. The SMILES string of the molecule is Cc1nn(CCC(=O)N2CCN(CCS(C)(=O)=O)CC2)c(C)c1Br. The smallest absolute Gasteiger partial charge is 0.224 e. The Morgan fingerprint density at radius 1 is 1.17 bits per heavy atom. The van der Waals surface area contributed by atoms with E-state index < -0.39 is 9.84 Å². The van der Waals surface area contributed by atoms with E-state index in [0.717, 1.165) is 29.0 Å². The summed E-state index contributed by atoms with van der Waals surface area (Å²) in [5, 5.41) is 4.42. The predicted molar refractivity (Wildman–Crippen MR) is 96.7 cm³/mol. The predicted octanol–water partition coefficient (Wildman–Crippen LogP) is 0.841. The normalized spacial score (nSPS) is 16.6. The fourth-order valence-corrected chi connectivity index (χ4v) is 3.64. The highest BCUT2D eigenvalue weighted by Crippen LogP contribution is 2.20. The molecule has 0 aromatic carbocycles. The summed E-state index contributed by atoms with van der Waals surface area (Å²) in [5.74, 6) is 0.301. The summed E-state index contributed by atoms with van der Waals surface area (Å²) >= 11 is 3.49. The minimum absolute atomic E-state index is 0.126. The monoisotopic (exact) mass is 420 g/mol.